The Morgan fingerprint density at radius 1 is 1.00 bits per heavy atom. The van der Waals surface area contributed by atoms with Gasteiger partial charge in [-0.3, -0.25) is 14.5 Å². The number of aryl methyl sites for hydroxylation is 1. The van der Waals surface area contributed by atoms with Crippen molar-refractivity contribution in [3.8, 4) is 17.2 Å². The number of anilines is 1. The van der Waals surface area contributed by atoms with Crippen molar-refractivity contribution in [2.75, 3.05) is 32.3 Å². The zero-order valence-corrected chi connectivity index (χ0v) is 25.8. The highest BCUT2D eigenvalue weighted by atomic mass is 32.1. The van der Waals surface area contributed by atoms with Gasteiger partial charge in [-0.1, -0.05) is 56.2 Å². The summed E-state index contributed by atoms with van der Waals surface area (Å²) in [4.78, 5) is 45.5. The third-order valence-corrected chi connectivity index (χ3v) is 8.08. The van der Waals surface area contributed by atoms with Crippen LogP contribution in [0.4, 0.5) is 5.13 Å². The van der Waals surface area contributed by atoms with Gasteiger partial charge in [-0.2, -0.15) is 0 Å². The number of ketones is 1. The Hall–Kier alpha value is -4.38. The lowest BCUT2D eigenvalue weighted by Crippen LogP contribution is -2.29. The van der Waals surface area contributed by atoms with Crippen LogP contribution in [0, 0.1) is 6.92 Å². The summed E-state index contributed by atoms with van der Waals surface area (Å²) in [5.74, 6) is -1.33. The molecule has 2 aromatic carbocycles. The van der Waals surface area contributed by atoms with Crippen LogP contribution < -0.4 is 19.1 Å². The lowest BCUT2D eigenvalue weighted by molar-refractivity contribution is -0.132. The molecule has 0 saturated carbocycles. The highest BCUT2D eigenvalue weighted by molar-refractivity contribution is 7.17. The molecule has 4 rings (SSSR count). The van der Waals surface area contributed by atoms with E-state index in [1.165, 1.54) is 19.1 Å². The molecular weight excluding hydrogens is 572 g/mol. The lowest BCUT2D eigenvalue weighted by atomic mass is 9.95. The van der Waals surface area contributed by atoms with Crippen molar-refractivity contribution in [1.29, 1.82) is 0 Å². The second kappa shape index (κ2) is 14.2. The summed E-state index contributed by atoms with van der Waals surface area (Å²) in [6.45, 7) is 6.74. The molecule has 0 aliphatic carbocycles. The van der Waals surface area contributed by atoms with Gasteiger partial charge in [0.2, 0.25) is 0 Å². The molecule has 3 aromatic rings. The highest BCUT2D eigenvalue weighted by Gasteiger charge is 2.48. The quantitative estimate of drug-likeness (QED) is 0.0790. The summed E-state index contributed by atoms with van der Waals surface area (Å²) in [5, 5.41) is 11.7. The maximum atomic E-state index is 13.6. The molecule has 1 saturated heterocycles. The van der Waals surface area contributed by atoms with Crippen molar-refractivity contribution in [2.24, 2.45) is 0 Å². The van der Waals surface area contributed by atoms with Gasteiger partial charge >= 0.3 is 11.9 Å². The summed E-state index contributed by atoms with van der Waals surface area (Å²) in [5.41, 5.74) is 1.00. The number of benzene rings is 2. The number of thiazole rings is 1. The second-order valence-electron chi connectivity index (χ2n) is 9.91. The predicted molar refractivity (Wildman–Crippen MR) is 163 cm³/mol. The number of aliphatic hydroxyl groups is 1. The van der Waals surface area contributed by atoms with Gasteiger partial charge in [0.1, 0.15) is 16.4 Å². The van der Waals surface area contributed by atoms with Gasteiger partial charge in [-0.25, -0.2) is 9.78 Å². The van der Waals surface area contributed by atoms with E-state index in [-0.39, 0.29) is 21.3 Å². The molecule has 1 N–H and O–H groups in total. The minimum atomic E-state index is -1.08. The number of hydrogen-bond acceptors (Lipinski definition) is 10. The number of hydrogen-bond donors (Lipinski definition) is 1. The van der Waals surface area contributed by atoms with Crippen LogP contribution in [0.2, 0.25) is 0 Å². The standard InChI is InChI=1S/C32H36N2O8S/c1-6-8-15-41-22-12-10-11-21(17-22)27(35)25-26(20-13-14-23(24(18-20)39-4)42-16-9-7-2)34(30(37)28(25)36)32-33-19(3)29(43-32)31(38)40-5/h10-14,17-18,26,35H,6-9,15-16H2,1-5H3. The first-order valence-corrected chi connectivity index (χ1v) is 15.0. The first kappa shape index (κ1) is 31.6. The predicted octanol–water partition coefficient (Wildman–Crippen LogP) is 6.23. The zero-order chi connectivity index (χ0) is 31.1. The number of carbonyl (C=O) groups is 3. The Labute approximate surface area is 254 Å². The summed E-state index contributed by atoms with van der Waals surface area (Å²) >= 11 is 0.931. The molecule has 0 bridgehead atoms. The number of Topliss-reactive ketones (excluding diaryl/α,β-unsaturated/α-hetero) is 1. The normalized spacial score (nSPS) is 15.9. The van der Waals surface area contributed by atoms with Crippen LogP contribution in [-0.4, -0.2) is 55.2 Å². The monoisotopic (exact) mass is 608 g/mol. The van der Waals surface area contributed by atoms with Crippen LogP contribution in [0.25, 0.3) is 5.76 Å². The van der Waals surface area contributed by atoms with Crippen LogP contribution in [0.3, 0.4) is 0 Å². The molecule has 1 aromatic heterocycles. The van der Waals surface area contributed by atoms with Crippen LogP contribution >= 0.6 is 11.3 Å². The lowest BCUT2D eigenvalue weighted by Gasteiger charge is -2.24. The highest BCUT2D eigenvalue weighted by Crippen LogP contribution is 2.45. The SMILES string of the molecule is CCCCOc1cccc(C(O)=C2C(=O)C(=O)N(c3nc(C)c(C(=O)OC)s3)C2c2ccc(OCCCC)c(OC)c2)c1. The van der Waals surface area contributed by atoms with E-state index in [0.717, 1.165) is 37.0 Å². The van der Waals surface area contributed by atoms with Gasteiger partial charge in [0.25, 0.3) is 5.78 Å². The van der Waals surface area contributed by atoms with E-state index in [2.05, 4.69) is 18.8 Å². The van der Waals surface area contributed by atoms with E-state index < -0.39 is 23.7 Å². The van der Waals surface area contributed by atoms with E-state index in [4.69, 9.17) is 18.9 Å². The molecule has 1 fully saturated rings. The summed E-state index contributed by atoms with van der Waals surface area (Å²) in [6, 6.07) is 10.7. The summed E-state index contributed by atoms with van der Waals surface area (Å²) in [6.07, 6.45) is 3.64. The van der Waals surface area contributed by atoms with Gasteiger partial charge in [0.15, 0.2) is 16.6 Å². The van der Waals surface area contributed by atoms with Crippen LogP contribution in [-0.2, 0) is 14.3 Å². The maximum Gasteiger partial charge on any atom is 0.350 e. The third kappa shape index (κ3) is 6.67. The van der Waals surface area contributed by atoms with E-state index >= 15 is 0 Å². The Morgan fingerprint density at radius 2 is 1.72 bits per heavy atom. The van der Waals surface area contributed by atoms with Gasteiger partial charge in [-0.15, -0.1) is 0 Å². The Bertz CT molecular complexity index is 1530. The summed E-state index contributed by atoms with van der Waals surface area (Å²) < 4.78 is 22.2. The van der Waals surface area contributed by atoms with Crippen molar-refractivity contribution in [1.82, 2.24) is 4.98 Å². The Balaban J connectivity index is 1.87. The van der Waals surface area contributed by atoms with Gasteiger partial charge in [0, 0.05) is 5.56 Å². The number of methoxy groups -OCH3 is 2. The molecule has 1 unspecified atom stereocenters. The minimum absolute atomic E-state index is 0.114. The Kier molecular flexibility index (Phi) is 10.4. The third-order valence-electron chi connectivity index (χ3n) is 6.94. The van der Waals surface area contributed by atoms with E-state index in [9.17, 15) is 19.5 Å². The number of nitrogens with zero attached hydrogens (tertiary/aromatic N) is 2. The Morgan fingerprint density at radius 3 is 2.40 bits per heavy atom. The van der Waals surface area contributed by atoms with E-state index in [1.54, 1.807) is 49.4 Å². The second-order valence-corrected chi connectivity index (χ2v) is 10.9. The first-order chi connectivity index (χ1) is 20.7. The van der Waals surface area contributed by atoms with Crippen molar-refractivity contribution in [3.05, 3.63) is 69.7 Å². The van der Waals surface area contributed by atoms with Crippen LogP contribution in [0.15, 0.2) is 48.0 Å². The number of unbranched alkanes of at least 4 members (excludes halogenated alkanes) is 2. The molecule has 43 heavy (non-hydrogen) atoms. The molecule has 1 aliphatic rings. The minimum Gasteiger partial charge on any atom is -0.507 e. The molecule has 11 heteroatoms. The van der Waals surface area contributed by atoms with E-state index in [0.29, 0.717) is 47.3 Å². The van der Waals surface area contributed by atoms with Gasteiger partial charge in [0.05, 0.1) is 44.7 Å². The molecule has 228 valence electrons. The number of aliphatic hydroxyl groups excluding tert-OH is 1. The fourth-order valence-electron chi connectivity index (χ4n) is 4.64. The molecule has 0 radical (unpaired) electrons. The molecule has 1 aliphatic heterocycles. The molecule has 1 amide bonds. The van der Waals surface area contributed by atoms with Crippen molar-refractivity contribution in [2.45, 2.75) is 52.5 Å². The number of amides is 1. The van der Waals surface area contributed by atoms with Gasteiger partial charge in [-0.05, 0) is 49.6 Å². The molecule has 0 spiro atoms. The fourth-order valence-corrected chi connectivity index (χ4v) is 5.65. The van der Waals surface area contributed by atoms with Gasteiger partial charge < -0.3 is 24.1 Å². The molecule has 10 nitrogen and oxygen atoms in total. The fraction of sp³-hybridized carbons (Fsp3) is 0.375. The largest absolute Gasteiger partial charge is 0.507 e. The molecular formula is C32H36N2O8S. The van der Waals surface area contributed by atoms with Crippen molar-refractivity contribution >= 4 is 39.9 Å². The van der Waals surface area contributed by atoms with Crippen molar-refractivity contribution in [3.63, 3.8) is 0 Å². The van der Waals surface area contributed by atoms with Crippen LogP contribution in [0.1, 0.15) is 72.1 Å². The van der Waals surface area contributed by atoms with Crippen LogP contribution in [0.5, 0.6) is 17.2 Å². The molecule has 1 atom stereocenters. The average Bonchev–Trinajstić information content (AvgIpc) is 3.52. The number of aromatic nitrogens is 1. The maximum absolute atomic E-state index is 13.6. The number of ether oxygens (including phenoxy) is 4. The van der Waals surface area contributed by atoms with E-state index in [1.807, 2.05) is 0 Å². The number of esters is 1. The van der Waals surface area contributed by atoms with Crippen molar-refractivity contribution < 1.29 is 38.4 Å². The zero-order valence-electron chi connectivity index (χ0n) is 25.0. The number of carbonyl (C=O) groups excluding carboxylic acids is 3. The molecule has 2 heterocycles. The smallest absolute Gasteiger partial charge is 0.350 e. The summed E-state index contributed by atoms with van der Waals surface area (Å²) in [7, 11) is 2.75. The average molecular weight is 609 g/mol. The first-order valence-electron chi connectivity index (χ1n) is 14.2. The topological polar surface area (TPSA) is 124 Å². The number of rotatable bonds is 13.